The summed E-state index contributed by atoms with van der Waals surface area (Å²) in [7, 11) is 0. The van der Waals surface area contributed by atoms with Crippen LogP contribution in [0.5, 0.6) is 5.75 Å². The number of hydrogen-bond donors (Lipinski definition) is 0. The van der Waals surface area contributed by atoms with Gasteiger partial charge in [-0.05, 0) is 74.3 Å². The standard InChI is InChI=1S/C26H33N3O2/c30-26(22-3-2-14-27-19-22)29-15-10-21(11-16-29)20-6-8-24(9-7-20)31-25-12-17-28(18-13-25)23-4-1-5-23/h2-3,6-9,14,19,21,23,25H,1,4-5,10-13,15-18H2. The van der Waals surface area contributed by atoms with Crippen LogP contribution in [0.3, 0.4) is 0 Å². The van der Waals surface area contributed by atoms with Crippen LogP contribution in [-0.4, -0.2) is 59.0 Å². The summed E-state index contributed by atoms with van der Waals surface area (Å²) in [6.45, 7) is 3.97. The van der Waals surface area contributed by atoms with Crippen molar-refractivity contribution in [2.24, 2.45) is 0 Å². The van der Waals surface area contributed by atoms with Gasteiger partial charge in [0.2, 0.25) is 0 Å². The first kappa shape index (κ1) is 20.5. The minimum absolute atomic E-state index is 0.0960. The maximum atomic E-state index is 12.6. The van der Waals surface area contributed by atoms with Crippen molar-refractivity contribution in [3.05, 3.63) is 59.9 Å². The maximum Gasteiger partial charge on any atom is 0.255 e. The molecular weight excluding hydrogens is 386 g/mol. The monoisotopic (exact) mass is 419 g/mol. The Morgan fingerprint density at radius 2 is 1.65 bits per heavy atom. The highest BCUT2D eigenvalue weighted by Crippen LogP contribution is 2.31. The second-order valence-corrected chi connectivity index (χ2v) is 9.32. The number of ether oxygens (including phenoxy) is 1. The molecule has 5 nitrogen and oxygen atoms in total. The third-order valence-corrected chi connectivity index (χ3v) is 7.41. The number of benzene rings is 1. The fourth-order valence-electron chi connectivity index (χ4n) is 5.21. The van der Waals surface area contributed by atoms with Crippen molar-refractivity contribution in [1.82, 2.24) is 14.8 Å². The average Bonchev–Trinajstić information content (AvgIpc) is 2.80. The zero-order chi connectivity index (χ0) is 21.0. The van der Waals surface area contributed by atoms with Crippen molar-refractivity contribution >= 4 is 5.91 Å². The molecule has 164 valence electrons. The van der Waals surface area contributed by atoms with Crippen molar-refractivity contribution in [2.75, 3.05) is 26.2 Å². The molecule has 0 bridgehead atoms. The normalized spacial score (nSPS) is 21.6. The van der Waals surface area contributed by atoms with Gasteiger partial charge in [0.1, 0.15) is 11.9 Å². The zero-order valence-electron chi connectivity index (χ0n) is 18.3. The lowest BCUT2D eigenvalue weighted by atomic mass is 9.89. The Bertz CT molecular complexity index is 850. The van der Waals surface area contributed by atoms with Crippen LogP contribution in [0.15, 0.2) is 48.8 Å². The smallest absolute Gasteiger partial charge is 0.255 e. The number of aromatic nitrogens is 1. The summed E-state index contributed by atoms with van der Waals surface area (Å²) in [6, 6.07) is 13.2. The molecule has 1 aromatic heterocycles. The zero-order valence-corrected chi connectivity index (χ0v) is 18.3. The number of hydrogen-bond acceptors (Lipinski definition) is 4. The summed E-state index contributed by atoms with van der Waals surface area (Å²) in [5.41, 5.74) is 2.04. The van der Waals surface area contributed by atoms with E-state index in [1.807, 2.05) is 17.0 Å². The lowest BCUT2D eigenvalue weighted by Gasteiger charge is -2.41. The summed E-state index contributed by atoms with van der Waals surface area (Å²) in [6.07, 6.45) is 12.2. The second-order valence-electron chi connectivity index (χ2n) is 9.32. The van der Waals surface area contributed by atoms with Crippen LogP contribution in [0, 0.1) is 0 Å². The lowest BCUT2D eigenvalue weighted by molar-refractivity contribution is 0.0493. The fraction of sp³-hybridized carbons (Fsp3) is 0.538. The van der Waals surface area contributed by atoms with Crippen LogP contribution >= 0.6 is 0 Å². The van der Waals surface area contributed by atoms with Crippen LogP contribution < -0.4 is 4.74 Å². The van der Waals surface area contributed by atoms with Gasteiger partial charge in [-0.25, -0.2) is 0 Å². The van der Waals surface area contributed by atoms with Gasteiger partial charge in [-0.1, -0.05) is 18.6 Å². The van der Waals surface area contributed by atoms with Gasteiger partial charge in [0, 0.05) is 44.6 Å². The Kier molecular flexibility index (Phi) is 6.21. The summed E-state index contributed by atoms with van der Waals surface area (Å²) >= 11 is 0. The van der Waals surface area contributed by atoms with Gasteiger partial charge in [0.15, 0.2) is 0 Å². The van der Waals surface area contributed by atoms with E-state index in [-0.39, 0.29) is 5.91 Å². The third-order valence-electron chi connectivity index (χ3n) is 7.41. The predicted octanol–water partition coefficient (Wildman–Crippen LogP) is 4.50. The third kappa shape index (κ3) is 4.77. The number of piperidine rings is 2. The summed E-state index contributed by atoms with van der Waals surface area (Å²) in [4.78, 5) is 21.3. The Hall–Kier alpha value is -2.40. The van der Waals surface area contributed by atoms with Crippen molar-refractivity contribution < 1.29 is 9.53 Å². The first-order valence-electron chi connectivity index (χ1n) is 12.0. The van der Waals surface area contributed by atoms with Gasteiger partial charge in [0.05, 0.1) is 5.56 Å². The number of amides is 1. The quantitative estimate of drug-likeness (QED) is 0.716. The number of carbonyl (C=O) groups is 1. The summed E-state index contributed by atoms with van der Waals surface area (Å²) < 4.78 is 6.29. The van der Waals surface area contributed by atoms with E-state index in [1.165, 1.54) is 37.9 Å². The molecule has 3 fully saturated rings. The van der Waals surface area contributed by atoms with E-state index in [9.17, 15) is 4.79 Å². The predicted molar refractivity (Wildman–Crippen MR) is 121 cm³/mol. The van der Waals surface area contributed by atoms with Crippen LogP contribution in [-0.2, 0) is 0 Å². The molecule has 0 N–H and O–H groups in total. The van der Waals surface area contributed by atoms with Gasteiger partial charge in [-0.15, -0.1) is 0 Å². The van der Waals surface area contributed by atoms with Crippen LogP contribution in [0.1, 0.15) is 66.8 Å². The second kappa shape index (κ2) is 9.39. The molecule has 1 aliphatic carbocycles. The SMILES string of the molecule is O=C(c1cccnc1)N1CCC(c2ccc(OC3CCN(C4CCC4)CC3)cc2)CC1. The molecule has 1 amide bonds. The van der Waals surface area contributed by atoms with Crippen molar-refractivity contribution in [1.29, 1.82) is 0 Å². The molecule has 5 rings (SSSR count). The van der Waals surface area contributed by atoms with Crippen molar-refractivity contribution in [2.45, 2.75) is 63.0 Å². The molecule has 0 radical (unpaired) electrons. The molecule has 0 spiro atoms. The molecule has 0 atom stereocenters. The Labute approximate surface area is 185 Å². The van der Waals surface area contributed by atoms with Gasteiger partial charge in [-0.3, -0.25) is 9.78 Å². The van der Waals surface area contributed by atoms with Crippen LogP contribution in [0.4, 0.5) is 0 Å². The van der Waals surface area contributed by atoms with E-state index in [1.54, 1.807) is 12.4 Å². The fourth-order valence-corrected chi connectivity index (χ4v) is 5.21. The van der Waals surface area contributed by atoms with Gasteiger partial charge in [-0.2, -0.15) is 0 Å². The Balaban J connectivity index is 1.09. The van der Waals surface area contributed by atoms with E-state index >= 15 is 0 Å². The summed E-state index contributed by atoms with van der Waals surface area (Å²) in [5.74, 6) is 1.60. The Morgan fingerprint density at radius 1 is 0.903 bits per heavy atom. The average molecular weight is 420 g/mol. The van der Waals surface area contributed by atoms with Crippen LogP contribution in [0.25, 0.3) is 0 Å². The van der Waals surface area contributed by atoms with Crippen molar-refractivity contribution in [3.63, 3.8) is 0 Å². The lowest BCUT2D eigenvalue weighted by Crippen LogP contribution is -2.46. The highest BCUT2D eigenvalue weighted by Gasteiger charge is 2.29. The molecule has 0 unspecified atom stereocenters. The highest BCUT2D eigenvalue weighted by atomic mass is 16.5. The number of rotatable bonds is 5. The molecular formula is C26H33N3O2. The number of carbonyl (C=O) groups excluding carboxylic acids is 1. The van der Waals surface area contributed by atoms with Gasteiger partial charge < -0.3 is 14.5 Å². The topological polar surface area (TPSA) is 45.7 Å². The maximum absolute atomic E-state index is 12.6. The Morgan fingerprint density at radius 3 is 2.26 bits per heavy atom. The van der Waals surface area contributed by atoms with E-state index < -0.39 is 0 Å². The molecule has 1 saturated carbocycles. The van der Waals surface area contributed by atoms with E-state index in [0.29, 0.717) is 17.6 Å². The van der Waals surface area contributed by atoms with E-state index in [4.69, 9.17) is 4.74 Å². The van der Waals surface area contributed by atoms with E-state index in [2.05, 4.69) is 34.1 Å². The minimum atomic E-state index is 0.0960. The number of likely N-dealkylation sites (tertiary alicyclic amines) is 2. The van der Waals surface area contributed by atoms with Gasteiger partial charge >= 0.3 is 0 Å². The number of nitrogens with zero attached hydrogens (tertiary/aromatic N) is 3. The first-order valence-corrected chi connectivity index (χ1v) is 12.0. The molecule has 3 heterocycles. The number of pyridine rings is 1. The largest absolute Gasteiger partial charge is 0.490 e. The molecule has 5 heteroatoms. The molecule has 3 aliphatic rings. The molecule has 31 heavy (non-hydrogen) atoms. The molecule has 2 aliphatic heterocycles. The van der Waals surface area contributed by atoms with Crippen LogP contribution in [0.2, 0.25) is 0 Å². The van der Waals surface area contributed by atoms with Gasteiger partial charge in [0.25, 0.3) is 5.91 Å². The van der Waals surface area contributed by atoms with E-state index in [0.717, 1.165) is 50.6 Å². The molecule has 2 aromatic rings. The summed E-state index contributed by atoms with van der Waals surface area (Å²) in [5, 5.41) is 0. The highest BCUT2D eigenvalue weighted by molar-refractivity contribution is 5.93. The minimum Gasteiger partial charge on any atom is -0.490 e. The molecule has 1 aromatic carbocycles. The first-order chi connectivity index (χ1) is 15.3. The van der Waals surface area contributed by atoms with Crippen molar-refractivity contribution in [3.8, 4) is 5.75 Å². The molecule has 2 saturated heterocycles.